The molecule has 9 heteroatoms. The molecule has 0 radical (unpaired) electrons. The zero-order chi connectivity index (χ0) is 15.1. The monoisotopic (exact) mass is 308 g/mol. The van der Waals surface area contributed by atoms with E-state index in [1.54, 1.807) is 0 Å². The number of nitrogens with zero attached hydrogens (tertiary/aromatic N) is 2. The molecular weight excluding hydrogens is 297 g/mol. The number of hydrogen-bond acceptors (Lipinski definition) is 4. The van der Waals surface area contributed by atoms with Crippen LogP contribution < -0.4 is 0 Å². The van der Waals surface area contributed by atoms with Gasteiger partial charge >= 0.3 is 12.1 Å². The first-order valence-electron chi connectivity index (χ1n) is 5.69. The summed E-state index contributed by atoms with van der Waals surface area (Å²) in [6.45, 7) is 1.67. The average molecular weight is 308 g/mol. The zero-order valence-electron chi connectivity index (χ0n) is 10.4. The lowest BCUT2D eigenvalue weighted by molar-refractivity contribution is -0.147. The second-order valence-corrected chi connectivity index (χ2v) is 5.74. The van der Waals surface area contributed by atoms with Gasteiger partial charge in [0.2, 0.25) is 0 Å². The minimum atomic E-state index is -4.58. The quantitative estimate of drug-likeness (QED) is 0.908. The van der Waals surface area contributed by atoms with E-state index in [-0.39, 0.29) is 25.2 Å². The van der Waals surface area contributed by atoms with Crippen molar-refractivity contribution in [3.8, 4) is 0 Å². The highest BCUT2D eigenvalue weighted by atomic mass is 32.1. The first kappa shape index (κ1) is 14.8. The molecule has 110 valence electrons. The zero-order valence-corrected chi connectivity index (χ0v) is 11.2. The molecule has 1 aromatic heterocycles. The van der Waals surface area contributed by atoms with Gasteiger partial charge in [0.15, 0.2) is 5.01 Å². The molecule has 1 aliphatic rings. The molecule has 0 saturated carbocycles. The molecule has 2 heterocycles. The number of hydrogen-bond donors (Lipinski definition) is 1. The Labute approximate surface area is 116 Å². The number of carbonyl (C=O) groups excluding carboxylic acids is 1. The number of aliphatic carboxylic acids is 1. The van der Waals surface area contributed by atoms with Gasteiger partial charge in [-0.1, -0.05) is 0 Å². The lowest BCUT2D eigenvalue weighted by atomic mass is 9.90. The van der Waals surface area contributed by atoms with Gasteiger partial charge in [-0.3, -0.25) is 9.59 Å². The molecule has 1 unspecified atom stereocenters. The van der Waals surface area contributed by atoms with Crippen molar-refractivity contribution in [2.45, 2.75) is 19.5 Å². The van der Waals surface area contributed by atoms with E-state index in [2.05, 4.69) is 4.98 Å². The maximum atomic E-state index is 12.4. The number of aromatic nitrogens is 1. The Morgan fingerprint density at radius 3 is 2.60 bits per heavy atom. The van der Waals surface area contributed by atoms with Crippen molar-refractivity contribution in [2.75, 3.05) is 13.1 Å². The SMILES string of the molecule is CC1(C(=O)O)CCN(C(=O)c2csc(C(F)(F)F)n2)C1. The van der Waals surface area contributed by atoms with E-state index in [1.807, 2.05) is 0 Å². The average Bonchev–Trinajstić information content (AvgIpc) is 2.94. The van der Waals surface area contributed by atoms with Crippen LogP contribution in [-0.4, -0.2) is 40.0 Å². The summed E-state index contributed by atoms with van der Waals surface area (Å²) in [4.78, 5) is 27.6. The van der Waals surface area contributed by atoms with Crippen LogP contribution >= 0.6 is 11.3 Å². The van der Waals surface area contributed by atoms with Crippen molar-refractivity contribution in [3.05, 3.63) is 16.1 Å². The number of likely N-dealkylation sites (tertiary alicyclic amines) is 1. The number of carboxylic acids is 1. The van der Waals surface area contributed by atoms with Gasteiger partial charge in [0.25, 0.3) is 5.91 Å². The highest BCUT2D eigenvalue weighted by molar-refractivity contribution is 7.09. The first-order valence-corrected chi connectivity index (χ1v) is 6.57. The van der Waals surface area contributed by atoms with E-state index in [4.69, 9.17) is 5.11 Å². The molecule has 1 fully saturated rings. The van der Waals surface area contributed by atoms with Crippen molar-refractivity contribution >= 4 is 23.2 Å². The van der Waals surface area contributed by atoms with Crippen molar-refractivity contribution in [3.63, 3.8) is 0 Å². The third-order valence-corrected chi connectivity index (χ3v) is 4.13. The summed E-state index contributed by atoms with van der Waals surface area (Å²) < 4.78 is 37.2. The largest absolute Gasteiger partial charge is 0.481 e. The molecule has 5 nitrogen and oxygen atoms in total. The molecule has 0 bridgehead atoms. The molecule has 0 aliphatic carbocycles. The predicted octanol–water partition coefficient (Wildman–Crippen LogP) is 2.10. The molecule has 20 heavy (non-hydrogen) atoms. The Morgan fingerprint density at radius 1 is 1.50 bits per heavy atom. The van der Waals surface area contributed by atoms with Gasteiger partial charge in [-0.05, 0) is 13.3 Å². The highest BCUT2D eigenvalue weighted by Gasteiger charge is 2.43. The van der Waals surface area contributed by atoms with Crippen LogP contribution in [-0.2, 0) is 11.0 Å². The maximum absolute atomic E-state index is 12.4. The fraction of sp³-hybridized carbons (Fsp3) is 0.545. The summed E-state index contributed by atoms with van der Waals surface area (Å²) in [6, 6.07) is 0. The normalized spacial score (nSPS) is 23.1. The standard InChI is InChI=1S/C11H11F3N2O3S/c1-10(9(18)19)2-3-16(5-10)7(17)6-4-20-8(15-6)11(12,13)14/h4H,2-3,5H2,1H3,(H,18,19). The van der Waals surface area contributed by atoms with Gasteiger partial charge < -0.3 is 10.0 Å². The number of halogens is 3. The van der Waals surface area contributed by atoms with Gasteiger partial charge in [-0.15, -0.1) is 11.3 Å². The van der Waals surface area contributed by atoms with Crippen LogP contribution in [0.15, 0.2) is 5.38 Å². The van der Waals surface area contributed by atoms with Crippen LogP contribution in [0.4, 0.5) is 13.2 Å². The van der Waals surface area contributed by atoms with Crippen LogP contribution in [0.3, 0.4) is 0 Å². The van der Waals surface area contributed by atoms with E-state index >= 15 is 0 Å². The third-order valence-electron chi connectivity index (χ3n) is 3.24. The molecule has 0 aromatic carbocycles. The fourth-order valence-electron chi connectivity index (χ4n) is 1.97. The maximum Gasteiger partial charge on any atom is 0.443 e. The Hall–Kier alpha value is -1.64. The first-order chi connectivity index (χ1) is 9.13. The van der Waals surface area contributed by atoms with E-state index in [9.17, 15) is 22.8 Å². The lowest BCUT2D eigenvalue weighted by Gasteiger charge is -2.19. The minimum absolute atomic E-state index is 0.0277. The molecule has 1 aromatic rings. The number of carboxylic acid groups (broad SMARTS) is 1. The Balaban J connectivity index is 2.14. The number of alkyl halides is 3. The van der Waals surface area contributed by atoms with E-state index in [0.717, 1.165) is 5.38 Å². The van der Waals surface area contributed by atoms with Crippen molar-refractivity contribution in [1.29, 1.82) is 0 Å². The molecule has 1 saturated heterocycles. The van der Waals surface area contributed by atoms with Crippen LogP contribution in [0.5, 0.6) is 0 Å². The lowest BCUT2D eigenvalue weighted by Crippen LogP contribution is -2.35. The summed E-state index contributed by atoms with van der Waals surface area (Å²) in [5.41, 5.74) is -1.35. The molecule has 1 amide bonds. The van der Waals surface area contributed by atoms with E-state index in [1.165, 1.54) is 11.8 Å². The van der Waals surface area contributed by atoms with Gasteiger partial charge in [0.1, 0.15) is 5.69 Å². The second-order valence-electron chi connectivity index (χ2n) is 4.88. The number of carbonyl (C=O) groups is 2. The summed E-state index contributed by atoms with van der Waals surface area (Å²) in [7, 11) is 0. The van der Waals surface area contributed by atoms with Crippen LogP contribution in [0.1, 0.15) is 28.8 Å². The smallest absolute Gasteiger partial charge is 0.443 e. The Bertz CT molecular complexity index is 557. The van der Waals surface area contributed by atoms with Crippen LogP contribution in [0, 0.1) is 5.41 Å². The number of rotatable bonds is 2. The summed E-state index contributed by atoms with van der Waals surface area (Å²) in [6.07, 6.45) is -4.31. The third kappa shape index (κ3) is 2.62. The van der Waals surface area contributed by atoms with E-state index < -0.39 is 28.5 Å². The van der Waals surface area contributed by atoms with E-state index in [0.29, 0.717) is 11.3 Å². The molecule has 1 N–H and O–H groups in total. The van der Waals surface area contributed by atoms with Crippen molar-refractivity contribution in [2.24, 2.45) is 5.41 Å². The Morgan fingerprint density at radius 2 is 2.15 bits per heavy atom. The molecule has 2 rings (SSSR count). The van der Waals surface area contributed by atoms with Crippen LogP contribution in [0.25, 0.3) is 0 Å². The van der Waals surface area contributed by atoms with Gasteiger partial charge in [-0.2, -0.15) is 13.2 Å². The van der Waals surface area contributed by atoms with Gasteiger partial charge in [-0.25, -0.2) is 4.98 Å². The summed E-state index contributed by atoms with van der Waals surface area (Å²) in [5, 5.41) is 9.01. The van der Waals surface area contributed by atoms with Crippen molar-refractivity contribution in [1.82, 2.24) is 9.88 Å². The molecule has 0 spiro atoms. The molecule has 1 atom stereocenters. The summed E-state index contributed by atoms with van der Waals surface area (Å²) in [5.74, 6) is -1.69. The predicted molar refractivity (Wildman–Crippen MR) is 63.4 cm³/mol. The molecule has 1 aliphatic heterocycles. The number of thiazole rings is 1. The van der Waals surface area contributed by atoms with Gasteiger partial charge in [0.05, 0.1) is 5.41 Å². The minimum Gasteiger partial charge on any atom is -0.481 e. The number of amides is 1. The summed E-state index contributed by atoms with van der Waals surface area (Å²) >= 11 is 0.350. The fourth-order valence-corrected chi connectivity index (χ4v) is 2.63. The van der Waals surface area contributed by atoms with Crippen LogP contribution in [0.2, 0.25) is 0 Å². The Kier molecular flexibility index (Phi) is 3.49. The topological polar surface area (TPSA) is 70.5 Å². The van der Waals surface area contributed by atoms with Gasteiger partial charge in [0, 0.05) is 18.5 Å². The van der Waals surface area contributed by atoms with Crippen molar-refractivity contribution < 1.29 is 27.9 Å². The molecular formula is C11H11F3N2O3S. The highest BCUT2D eigenvalue weighted by Crippen LogP contribution is 2.34. The second kappa shape index (κ2) is 4.72.